The lowest BCUT2D eigenvalue weighted by atomic mass is 10.1. The van der Waals surface area contributed by atoms with Crippen LogP contribution in [-0.4, -0.2) is 41.3 Å². The molecule has 8 nitrogen and oxygen atoms in total. The van der Waals surface area contributed by atoms with Gasteiger partial charge < -0.3 is 9.29 Å². The number of aromatic carboxylic acids is 1. The molecule has 2 aromatic carbocycles. The van der Waals surface area contributed by atoms with Gasteiger partial charge >= 0.3 is 16.1 Å². The molecule has 0 aliphatic carbocycles. The summed E-state index contributed by atoms with van der Waals surface area (Å²) in [7, 11) is -1.80. The fourth-order valence-corrected chi connectivity index (χ4v) is 3.68. The zero-order valence-electron chi connectivity index (χ0n) is 17.5. The number of halogens is 1. The van der Waals surface area contributed by atoms with E-state index in [1.54, 1.807) is 29.8 Å². The van der Waals surface area contributed by atoms with Crippen molar-refractivity contribution >= 4 is 48.7 Å². The number of rotatable bonds is 6. The molecule has 0 saturated heterocycles. The minimum atomic E-state index is -3.63. The molecule has 3 rings (SSSR count). The summed E-state index contributed by atoms with van der Waals surface area (Å²) < 4.78 is 29.2. The largest absolute Gasteiger partial charge is 0.478 e. The Morgan fingerprint density at radius 2 is 1.84 bits per heavy atom. The number of carboxylic acid groups (broad SMARTS) is 1. The zero-order chi connectivity index (χ0) is 23.3. The van der Waals surface area contributed by atoms with Crippen LogP contribution in [-0.2, 0) is 23.6 Å². The van der Waals surface area contributed by atoms with Gasteiger partial charge in [-0.05, 0) is 36.8 Å². The number of carbonyl (C=O) groups is 2. The van der Waals surface area contributed by atoms with E-state index in [9.17, 15) is 18.0 Å². The lowest BCUT2D eigenvalue weighted by Crippen LogP contribution is -2.09. The molecule has 1 heterocycles. The Balaban J connectivity index is 0.000000220. The van der Waals surface area contributed by atoms with Gasteiger partial charge in [0.05, 0.1) is 28.6 Å². The number of carbonyl (C=O) groups excluding carboxylic acids is 1. The molecule has 1 N–H and O–H groups in total. The molecule has 0 saturated carbocycles. The summed E-state index contributed by atoms with van der Waals surface area (Å²) in [5, 5.41) is 14.2. The molecule has 1 aromatic heterocycles. The molecule has 0 unspecified atom stereocenters. The Hall–Kier alpha value is -2.72. The summed E-state index contributed by atoms with van der Waals surface area (Å²) in [5.41, 5.74) is 2.44. The van der Waals surface area contributed by atoms with Crippen molar-refractivity contribution in [2.24, 2.45) is 7.05 Å². The van der Waals surface area contributed by atoms with Gasteiger partial charge in [0.1, 0.15) is 0 Å². The van der Waals surface area contributed by atoms with Gasteiger partial charge in [-0.15, -0.1) is 0 Å². The average Bonchev–Trinajstić information content (AvgIpc) is 3.02. The lowest BCUT2D eigenvalue weighted by Gasteiger charge is -2.08. The van der Waals surface area contributed by atoms with Crippen LogP contribution in [0.2, 0.25) is 0 Å². The molecule has 0 bridgehead atoms. The van der Waals surface area contributed by atoms with E-state index in [-0.39, 0.29) is 17.1 Å². The van der Waals surface area contributed by atoms with E-state index in [2.05, 4.69) is 21.0 Å². The molecule has 0 spiro atoms. The second-order valence-electron chi connectivity index (χ2n) is 6.67. The number of aromatic nitrogens is 2. The Morgan fingerprint density at radius 3 is 2.39 bits per heavy atom. The first-order valence-corrected chi connectivity index (χ1v) is 12.0. The maximum absolute atomic E-state index is 11.5. The van der Waals surface area contributed by atoms with Gasteiger partial charge in [0, 0.05) is 23.3 Å². The van der Waals surface area contributed by atoms with E-state index in [0.29, 0.717) is 16.5 Å². The predicted molar refractivity (Wildman–Crippen MR) is 121 cm³/mol. The third-order valence-electron chi connectivity index (χ3n) is 4.32. The number of nitrogens with zero attached hydrogens (tertiary/aromatic N) is 2. The van der Waals surface area contributed by atoms with Crippen LogP contribution in [0.15, 0.2) is 40.9 Å². The number of fused-ring (bicyclic) bond motifs is 1. The van der Waals surface area contributed by atoms with Crippen LogP contribution < -0.4 is 4.18 Å². The van der Waals surface area contributed by atoms with Crippen molar-refractivity contribution in [3.63, 3.8) is 0 Å². The molecular formula is C21H23BrN2O6S. The highest BCUT2D eigenvalue weighted by atomic mass is 79.9. The number of hydrogen-bond acceptors (Lipinski definition) is 6. The molecule has 3 aromatic rings. The zero-order valence-corrected chi connectivity index (χ0v) is 19.9. The fourth-order valence-electron chi connectivity index (χ4n) is 2.88. The summed E-state index contributed by atoms with van der Waals surface area (Å²) in [4.78, 5) is 22.3. The molecule has 0 atom stereocenters. The van der Waals surface area contributed by atoms with Crippen molar-refractivity contribution in [1.82, 2.24) is 9.78 Å². The minimum absolute atomic E-state index is 0.0590. The number of aryl methyl sites for hydroxylation is 2. The second kappa shape index (κ2) is 10.1. The topological polar surface area (TPSA) is 116 Å². The van der Waals surface area contributed by atoms with Crippen molar-refractivity contribution in [3.8, 4) is 5.75 Å². The molecule has 0 aliphatic heterocycles. The predicted octanol–water partition coefficient (Wildman–Crippen LogP) is 4.21. The van der Waals surface area contributed by atoms with E-state index < -0.39 is 16.1 Å². The van der Waals surface area contributed by atoms with Crippen molar-refractivity contribution in [2.45, 2.75) is 26.7 Å². The van der Waals surface area contributed by atoms with Gasteiger partial charge in [-0.2, -0.15) is 13.5 Å². The van der Waals surface area contributed by atoms with Crippen LogP contribution in [0.5, 0.6) is 5.75 Å². The number of ketones is 1. The molecule has 0 amide bonds. The first-order valence-electron chi connectivity index (χ1n) is 9.38. The number of carboxylic acids is 1. The molecular weight excluding hydrogens is 488 g/mol. The van der Waals surface area contributed by atoms with Crippen molar-refractivity contribution in [3.05, 3.63) is 57.7 Å². The van der Waals surface area contributed by atoms with Gasteiger partial charge in [-0.25, -0.2) is 4.79 Å². The Kier molecular flexibility index (Phi) is 7.96. The monoisotopic (exact) mass is 510 g/mol. The van der Waals surface area contributed by atoms with Crippen LogP contribution in [0.25, 0.3) is 10.9 Å². The van der Waals surface area contributed by atoms with Gasteiger partial charge in [0.25, 0.3) is 0 Å². The van der Waals surface area contributed by atoms with Crippen molar-refractivity contribution in [2.75, 3.05) is 6.26 Å². The highest BCUT2D eigenvalue weighted by Gasteiger charge is 2.15. The number of hydrogen-bond donors (Lipinski definition) is 1. The van der Waals surface area contributed by atoms with E-state index in [1.807, 2.05) is 20.0 Å². The van der Waals surface area contributed by atoms with E-state index in [0.717, 1.165) is 29.3 Å². The molecule has 10 heteroatoms. The molecule has 0 aliphatic rings. The van der Waals surface area contributed by atoms with Gasteiger partial charge in [-0.1, -0.05) is 35.8 Å². The number of benzene rings is 2. The van der Waals surface area contributed by atoms with E-state index >= 15 is 0 Å². The van der Waals surface area contributed by atoms with Crippen LogP contribution in [0, 0.1) is 0 Å². The van der Waals surface area contributed by atoms with Crippen LogP contribution in [0.3, 0.4) is 0 Å². The van der Waals surface area contributed by atoms with Crippen LogP contribution >= 0.6 is 15.9 Å². The lowest BCUT2D eigenvalue weighted by molar-refractivity contribution is 0.0696. The summed E-state index contributed by atoms with van der Waals surface area (Å²) in [6.07, 6.45) is 2.08. The maximum atomic E-state index is 11.5. The smallest absolute Gasteiger partial charge is 0.335 e. The van der Waals surface area contributed by atoms with Gasteiger partial charge in [0.15, 0.2) is 11.5 Å². The SMILES string of the molecule is CCC(=O)c1ccc(Br)cc1OS(C)(=O)=O.CCc1nn(C)c2cc(C(=O)O)ccc12. The van der Waals surface area contributed by atoms with Crippen molar-refractivity contribution < 1.29 is 27.3 Å². The third-order valence-corrected chi connectivity index (χ3v) is 5.29. The Morgan fingerprint density at radius 1 is 1.16 bits per heavy atom. The summed E-state index contributed by atoms with van der Waals surface area (Å²) in [6.45, 7) is 3.74. The molecule has 0 radical (unpaired) electrons. The first-order chi connectivity index (χ1) is 14.5. The Bertz CT molecular complexity index is 1230. The van der Waals surface area contributed by atoms with Gasteiger partial charge in [-0.3, -0.25) is 9.48 Å². The summed E-state index contributed by atoms with van der Waals surface area (Å²) >= 11 is 3.19. The van der Waals surface area contributed by atoms with Crippen LogP contribution in [0.4, 0.5) is 0 Å². The Labute approximate surface area is 189 Å². The molecule has 31 heavy (non-hydrogen) atoms. The summed E-state index contributed by atoms with van der Waals surface area (Å²) in [5.74, 6) is -1.01. The second-order valence-corrected chi connectivity index (χ2v) is 9.16. The minimum Gasteiger partial charge on any atom is -0.478 e. The van der Waals surface area contributed by atoms with E-state index in [4.69, 9.17) is 9.29 Å². The number of Topliss-reactive ketones (excluding diaryl/α,β-unsaturated/α-hetero) is 1. The van der Waals surface area contributed by atoms with Gasteiger partial charge in [0.2, 0.25) is 0 Å². The quantitative estimate of drug-likeness (QED) is 0.389. The fraction of sp³-hybridized carbons (Fsp3) is 0.286. The highest BCUT2D eigenvalue weighted by molar-refractivity contribution is 9.10. The first kappa shape index (κ1) is 24.5. The highest BCUT2D eigenvalue weighted by Crippen LogP contribution is 2.26. The maximum Gasteiger partial charge on any atom is 0.335 e. The van der Waals surface area contributed by atoms with E-state index in [1.165, 1.54) is 12.1 Å². The summed E-state index contributed by atoms with van der Waals surface area (Å²) in [6, 6.07) is 9.76. The van der Waals surface area contributed by atoms with Crippen molar-refractivity contribution in [1.29, 1.82) is 0 Å². The van der Waals surface area contributed by atoms with Crippen LogP contribution in [0.1, 0.15) is 46.7 Å². The standard InChI is InChI=1S/C11H12N2O2.C10H11BrO4S/c1-3-9-8-5-4-7(11(14)15)6-10(8)13(2)12-9;1-3-9(12)8-5-4-7(11)6-10(8)15-16(2,13)14/h4-6H,3H2,1-2H3,(H,14,15);4-6H,3H2,1-2H3. The molecule has 0 fully saturated rings. The normalized spacial score (nSPS) is 11.0. The average molecular weight is 511 g/mol. The molecule has 166 valence electrons. The third kappa shape index (κ3) is 6.38.